The smallest absolute Gasteiger partial charge is 0.269 e. The molecule has 2 aromatic rings. The van der Waals surface area contributed by atoms with E-state index < -0.39 is 23.7 Å². The van der Waals surface area contributed by atoms with Crippen molar-refractivity contribution in [1.82, 2.24) is 9.80 Å². The number of nitriles is 4. The maximum atomic E-state index is 13.5. The zero-order chi connectivity index (χ0) is 30.6. The van der Waals surface area contributed by atoms with Crippen LogP contribution in [0.2, 0.25) is 0 Å². The van der Waals surface area contributed by atoms with Crippen molar-refractivity contribution < 1.29 is 19.1 Å². The molecule has 42 heavy (non-hydrogen) atoms. The minimum atomic E-state index is -1.10. The largest absolute Gasteiger partial charge is 0.497 e. The molecule has 0 radical (unpaired) electrons. The first-order valence-corrected chi connectivity index (χ1v) is 13.2. The monoisotopic (exact) mass is 592 g/mol. The Bertz CT molecular complexity index is 1600. The van der Waals surface area contributed by atoms with Gasteiger partial charge in [0.15, 0.2) is 0 Å². The van der Waals surface area contributed by atoms with Crippen LogP contribution in [0.3, 0.4) is 0 Å². The van der Waals surface area contributed by atoms with Crippen LogP contribution in [0.5, 0.6) is 11.5 Å². The van der Waals surface area contributed by atoms with Crippen LogP contribution in [0.4, 0.5) is 0 Å². The molecule has 0 bridgehead atoms. The summed E-state index contributed by atoms with van der Waals surface area (Å²) in [6.45, 7) is -0.449. The molecule has 2 amide bonds. The Morgan fingerprint density at radius 1 is 0.667 bits per heavy atom. The van der Waals surface area contributed by atoms with Gasteiger partial charge >= 0.3 is 0 Å². The van der Waals surface area contributed by atoms with Gasteiger partial charge in [-0.2, -0.15) is 21.0 Å². The van der Waals surface area contributed by atoms with Crippen molar-refractivity contribution in [2.75, 3.05) is 27.3 Å². The molecule has 2 aromatic carbocycles. The summed E-state index contributed by atoms with van der Waals surface area (Å²) in [4.78, 5) is 29.0. The molecule has 2 heterocycles. The van der Waals surface area contributed by atoms with Crippen LogP contribution in [0, 0.1) is 57.2 Å². The molecule has 2 atom stereocenters. The fraction of sp³-hybridized carbons (Fsp3) is 0.200. The van der Waals surface area contributed by atoms with Gasteiger partial charge in [0.05, 0.1) is 26.4 Å². The number of ether oxygens (including phenoxy) is 2. The van der Waals surface area contributed by atoms with Crippen molar-refractivity contribution in [2.45, 2.75) is 0 Å². The van der Waals surface area contributed by atoms with Crippen LogP contribution in [0.15, 0.2) is 59.7 Å². The first kappa shape index (κ1) is 29.6. The second-order valence-electron chi connectivity index (χ2n) is 8.97. The molecular formula is C30H20N6O4S2. The van der Waals surface area contributed by atoms with Crippen LogP contribution in [-0.4, -0.2) is 58.9 Å². The normalized spacial score (nSPS) is 18.7. The lowest BCUT2D eigenvalue weighted by Gasteiger charge is -2.36. The molecule has 0 N–H and O–H groups in total. The summed E-state index contributed by atoms with van der Waals surface area (Å²) in [5.41, 5.74) is 0.773. The lowest BCUT2D eigenvalue weighted by atomic mass is 9.84. The molecule has 4 rings (SSSR count). The van der Waals surface area contributed by atoms with Gasteiger partial charge in [-0.3, -0.25) is 19.4 Å². The third kappa shape index (κ3) is 5.09. The number of carbonyl (C=O) groups excluding carboxylic acids is 2. The highest BCUT2D eigenvalue weighted by Crippen LogP contribution is 2.37. The topological polar surface area (TPSA) is 154 Å². The van der Waals surface area contributed by atoms with Crippen LogP contribution >= 0.6 is 24.4 Å². The third-order valence-corrected chi connectivity index (χ3v) is 7.80. The predicted octanol–water partition coefficient (Wildman–Crippen LogP) is 3.58. The van der Waals surface area contributed by atoms with E-state index >= 15 is 0 Å². The van der Waals surface area contributed by atoms with E-state index in [4.69, 9.17) is 33.9 Å². The molecule has 0 saturated carbocycles. The summed E-state index contributed by atoms with van der Waals surface area (Å²) in [5.74, 6) is -2.57. The number of carbonyl (C=O) groups is 2. The molecule has 0 fully saturated rings. The Kier molecular flexibility index (Phi) is 8.74. The minimum absolute atomic E-state index is 0.0468. The molecule has 2 unspecified atom stereocenters. The van der Waals surface area contributed by atoms with Crippen LogP contribution in [0.25, 0.3) is 11.1 Å². The van der Waals surface area contributed by atoms with Gasteiger partial charge in [0, 0.05) is 24.2 Å². The summed E-state index contributed by atoms with van der Waals surface area (Å²) in [6.07, 6.45) is 0. The highest BCUT2D eigenvalue weighted by atomic mass is 32.1. The molecule has 10 nitrogen and oxygen atoms in total. The minimum Gasteiger partial charge on any atom is -0.497 e. The number of nitrogens with zero attached hydrogens (tertiary/aromatic N) is 6. The van der Waals surface area contributed by atoms with Crippen molar-refractivity contribution in [1.29, 1.82) is 21.0 Å². The Morgan fingerprint density at radius 2 is 1.00 bits per heavy atom. The molecule has 2 aliphatic rings. The quantitative estimate of drug-likeness (QED) is 0.436. The van der Waals surface area contributed by atoms with Gasteiger partial charge in [-0.25, -0.2) is 0 Å². The van der Waals surface area contributed by atoms with E-state index in [0.29, 0.717) is 22.6 Å². The highest BCUT2D eigenvalue weighted by Gasteiger charge is 2.42. The maximum Gasteiger partial charge on any atom is 0.269 e. The first-order valence-electron chi connectivity index (χ1n) is 12.3. The van der Waals surface area contributed by atoms with Crippen molar-refractivity contribution in [3.63, 3.8) is 0 Å². The van der Waals surface area contributed by atoms with Gasteiger partial charge in [-0.05, 0) is 35.4 Å². The van der Waals surface area contributed by atoms with Gasteiger partial charge in [0.1, 0.15) is 56.6 Å². The van der Waals surface area contributed by atoms with E-state index in [9.17, 15) is 30.6 Å². The van der Waals surface area contributed by atoms with Crippen molar-refractivity contribution in [2.24, 2.45) is 11.8 Å². The maximum absolute atomic E-state index is 13.5. The zero-order valence-corrected chi connectivity index (χ0v) is 24.0. The first-order chi connectivity index (χ1) is 20.3. The standard InChI is InChI=1S/C30H20N6O4S2/c1-39-19-7-3-17(4-8-19)25-21(13-31)27(37)35(29(41)23(25)15-33)11-12-36-28(38)22(14-32)26(24(16-34)30(36)42)18-5-9-20(40-2)10-6-18/h3-10,23-24H,11-12H2,1-2H3. The Hall–Kier alpha value is -5.40. The number of methoxy groups -OCH3 is 2. The summed E-state index contributed by atoms with van der Waals surface area (Å²) >= 11 is 11.1. The molecule has 0 spiro atoms. The van der Waals surface area contributed by atoms with Crippen molar-refractivity contribution in [3.05, 3.63) is 70.8 Å². The van der Waals surface area contributed by atoms with E-state index in [1.54, 1.807) is 48.5 Å². The highest BCUT2D eigenvalue weighted by molar-refractivity contribution is 7.80. The number of hydrogen-bond donors (Lipinski definition) is 0. The molecule has 0 saturated heterocycles. The van der Waals surface area contributed by atoms with E-state index in [2.05, 4.69) is 12.1 Å². The second kappa shape index (κ2) is 12.4. The predicted molar refractivity (Wildman–Crippen MR) is 158 cm³/mol. The van der Waals surface area contributed by atoms with E-state index in [1.807, 2.05) is 12.1 Å². The molecule has 0 aromatic heterocycles. The molecule has 2 aliphatic heterocycles. The fourth-order valence-electron chi connectivity index (χ4n) is 4.79. The molecular weight excluding hydrogens is 573 g/mol. The lowest BCUT2D eigenvalue weighted by molar-refractivity contribution is -0.126. The van der Waals surface area contributed by atoms with Crippen molar-refractivity contribution in [3.8, 4) is 35.8 Å². The number of benzene rings is 2. The van der Waals surface area contributed by atoms with E-state index in [1.165, 1.54) is 14.2 Å². The Labute approximate surface area is 252 Å². The number of thiocarbonyl (C=S) groups is 2. The number of hydrogen-bond acceptors (Lipinski definition) is 10. The average molecular weight is 593 g/mol. The second-order valence-corrected chi connectivity index (χ2v) is 9.81. The zero-order valence-electron chi connectivity index (χ0n) is 22.3. The summed E-state index contributed by atoms with van der Waals surface area (Å²) in [5, 5.41) is 39.8. The summed E-state index contributed by atoms with van der Waals surface area (Å²) in [7, 11) is 2.99. The van der Waals surface area contributed by atoms with Gasteiger partial charge < -0.3 is 9.47 Å². The van der Waals surface area contributed by atoms with Crippen LogP contribution in [-0.2, 0) is 9.59 Å². The van der Waals surface area contributed by atoms with Gasteiger partial charge in [-0.1, -0.05) is 48.7 Å². The molecule has 0 aliphatic carbocycles. The number of amides is 2. The van der Waals surface area contributed by atoms with E-state index in [-0.39, 0.29) is 45.4 Å². The average Bonchev–Trinajstić information content (AvgIpc) is 3.02. The summed E-state index contributed by atoms with van der Waals surface area (Å²) in [6, 6.07) is 21.0. The Balaban J connectivity index is 1.67. The number of rotatable bonds is 7. The van der Waals surface area contributed by atoms with Gasteiger partial charge in [-0.15, -0.1) is 0 Å². The lowest BCUT2D eigenvalue weighted by Crippen LogP contribution is -2.51. The van der Waals surface area contributed by atoms with Gasteiger partial charge in [0.25, 0.3) is 11.8 Å². The van der Waals surface area contributed by atoms with E-state index in [0.717, 1.165) is 9.80 Å². The Morgan fingerprint density at radius 3 is 1.26 bits per heavy atom. The van der Waals surface area contributed by atoms with Crippen molar-refractivity contribution >= 4 is 57.4 Å². The molecule has 12 heteroatoms. The fourth-order valence-corrected chi connectivity index (χ4v) is 5.48. The SMILES string of the molecule is COc1ccc(C2=C(C#N)C(=O)N(CCN3C(=O)C(C#N)=C(c4ccc(OC)cc4)C(C#N)C3=S)C(=S)C2C#N)cc1. The summed E-state index contributed by atoms with van der Waals surface area (Å²) < 4.78 is 10.3. The third-order valence-electron chi connectivity index (χ3n) is 6.89. The van der Waals surface area contributed by atoms with Gasteiger partial charge in [0.2, 0.25) is 0 Å². The van der Waals surface area contributed by atoms with Crippen LogP contribution in [0.1, 0.15) is 11.1 Å². The van der Waals surface area contributed by atoms with Crippen LogP contribution < -0.4 is 9.47 Å². The molecule has 206 valence electrons.